The first kappa shape index (κ1) is 13.6. The maximum atomic E-state index is 12.4. The summed E-state index contributed by atoms with van der Waals surface area (Å²) < 4.78 is 0. The fourth-order valence-electron chi connectivity index (χ4n) is 3.55. The van der Waals surface area contributed by atoms with Crippen LogP contribution in [0.15, 0.2) is 24.3 Å². The van der Waals surface area contributed by atoms with Crippen molar-refractivity contribution in [2.75, 3.05) is 13.1 Å². The predicted octanol–water partition coefficient (Wildman–Crippen LogP) is 2.57. The van der Waals surface area contributed by atoms with Crippen molar-refractivity contribution in [1.82, 2.24) is 10.6 Å². The second-order valence-corrected chi connectivity index (χ2v) is 6.11. The van der Waals surface area contributed by atoms with Crippen LogP contribution in [0.1, 0.15) is 49.1 Å². The van der Waals surface area contributed by atoms with Crippen LogP contribution in [-0.4, -0.2) is 19.0 Å². The SMILES string of the molecule is O=C(NCCC1CCCC1)C1CNCc2ccccc21. The van der Waals surface area contributed by atoms with Gasteiger partial charge in [-0.25, -0.2) is 0 Å². The summed E-state index contributed by atoms with van der Waals surface area (Å²) in [6.45, 7) is 2.47. The van der Waals surface area contributed by atoms with Gasteiger partial charge in [-0.15, -0.1) is 0 Å². The monoisotopic (exact) mass is 272 g/mol. The first-order chi connectivity index (χ1) is 9.84. The van der Waals surface area contributed by atoms with Crippen molar-refractivity contribution in [3.63, 3.8) is 0 Å². The summed E-state index contributed by atoms with van der Waals surface area (Å²) in [5.41, 5.74) is 2.46. The summed E-state index contributed by atoms with van der Waals surface area (Å²) in [6, 6.07) is 8.28. The molecule has 1 fully saturated rings. The number of hydrogen-bond donors (Lipinski definition) is 2. The number of amides is 1. The average molecular weight is 272 g/mol. The summed E-state index contributed by atoms with van der Waals surface area (Å²) in [6.07, 6.45) is 6.60. The standard InChI is InChI=1S/C17H24N2O/c20-17(19-10-9-13-5-1-2-6-13)16-12-18-11-14-7-3-4-8-15(14)16/h3-4,7-8,13,16,18H,1-2,5-6,9-12H2,(H,19,20). The molecule has 0 bridgehead atoms. The lowest BCUT2D eigenvalue weighted by atomic mass is 9.90. The van der Waals surface area contributed by atoms with E-state index in [0.717, 1.165) is 32.0 Å². The number of fused-ring (bicyclic) bond motifs is 1. The van der Waals surface area contributed by atoms with Gasteiger partial charge >= 0.3 is 0 Å². The summed E-state index contributed by atoms with van der Waals surface area (Å²) in [4.78, 5) is 12.4. The fraction of sp³-hybridized carbons (Fsp3) is 0.588. The second-order valence-electron chi connectivity index (χ2n) is 6.11. The lowest BCUT2D eigenvalue weighted by Crippen LogP contribution is -2.39. The highest BCUT2D eigenvalue weighted by Crippen LogP contribution is 2.27. The van der Waals surface area contributed by atoms with Crippen LogP contribution in [0.25, 0.3) is 0 Å². The van der Waals surface area contributed by atoms with Crippen LogP contribution in [0.2, 0.25) is 0 Å². The van der Waals surface area contributed by atoms with E-state index in [2.05, 4.69) is 22.8 Å². The van der Waals surface area contributed by atoms with Gasteiger partial charge in [0.2, 0.25) is 5.91 Å². The lowest BCUT2D eigenvalue weighted by molar-refractivity contribution is -0.122. The Morgan fingerprint density at radius 1 is 1.25 bits per heavy atom. The fourth-order valence-corrected chi connectivity index (χ4v) is 3.55. The van der Waals surface area contributed by atoms with E-state index < -0.39 is 0 Å². The van der Waals surface area contributed by atoms with Gasteiger partial charge in [-0.3, -0.25) is 4.79 Å². The first-order valence-electron chi connectivity index (χ1n) is 7.91. The van der Waals surface area contributed by atoms with Crippen molar-refractivity contribution in [2.24, 2.45) is 5.92 Å². The van der Waals surface area contributed by atoms with Crippen LogP contribution >= 0.6 is 0 Å². The van der Waals surface area contributed by atoms with E-state index >= 15 is 0 Å². The summed E-state index contributed by atoms with van der Waals surface area (Å²) in [5.74, 6) is 0.998. The molecule has 3 heteroatoms. The summed E-state index contributed by atoms with van der Waals surface area (Å²) in [7, 11) is 0. The molecule has 3 nitrogen and oxygen atoms in total. The van der Waals surface area contributed by atoms with Crippen LogP contribution in [0, 0.1) is 5.92 Å². The molecule has 1 aromatic rings. The zero-order valence-electron chi connectivity index (χ0n) is 12.0. The summed E-state index contributed by atoms with van der Waals surface area (Å²) in [5, 5.41) is 6.48. The Balaban J connectivity index is 1.55. The van der Waals surface area contributed by atoms with E-state index in [1.54, 1.807) is 0 Å². The molecule has 1 aliphatic heterocycles. The van der Waals surface area contributed by atoms with Crippen molar-refractivity contribution in [2.45, 2.75) is 44.6 Å². The van der Waals surface area contributed by atoms with Gasteiger partial charge in [0.15, 0.2) is 0 Å². The molecule has 1 atom stereocenters. The Bertz CT molecular complexity index is 466. The molecule has 0 radical (unpaired) electrons. The Morgan fingerprint density at radius 3 is 2.90 bits per heavy atom. The number of carbonyl (C=O) groups excluding carboxylic acids is 1. The molecular weight excluding hydrogens is 248 g/mol. The van der Waals surface area contributed by atoms with Crippen molar-refractivity contribution >= 4 is 5.91 Å². The molecule has 1 heterocycles. The molecule has 0 saturated heterocycles. The molecule has 0 aromatic heterocycles. The number of rotatable bonds is 4. The van der Waals surface area contributed by atoms with Crippen molar-refractivity contribution in [3.8, 4) is 0 Å². The van der Waals surface area contributed by atoms with E-state index in [9.17, 15) is 4.79 Å². The maximum Gasteiger partial charge on any atom is 0.228 e. The molecule has 1 unspecified atom stereocenters. The third-order valence-corrected chi connectivity index (χ3v) is 4.74. The van der Waals surface area contributed by atoms with E-state index in [1.165, 1.54) is 36.8 Å². The Labute approximate surface area is 121 Å². The molecule has 1 saturated carbocycles. The highest BCUT2D eigenvalue weighted by atomic mass is 16.1. The minimum absolute atomic E-state index is 0.0245. The van der Waals surface area contributed by atoms with E-state index in [1.807, 2.05) is 12.1 Å². The van der Waals surface area contributed by atoms with E-state index in [4.69, 9.17) is 0 Å². The number of benzene rings is 1. The Kier molecular flexibility index (Phi) is 4.36. The third-order valence-electron chi connectivity index (χ3n) is 4.74. The molecule has 1 amide bonds. The van der Waals surface area contributed by atoms with Gasteiger partial charge in [-0.2, -0.15) is 0 Å². The number of hydrogen-bond acceptors (Lipinski definition) is 2. The van der Waals surface area contributed by atoms with Crippen LogP contribution in [-0.2, 0) is 11.3 Å². The summed E-state index contributed by atoms with van der Waals surface area (Å²) >= 11 is 0. The van der Waals surface area contributed by atoms with Gasteiger partial charge in [0, 0.05) is 19.6 Å². The Morgan fingerprint density at radius 2 is 2.05 bits per heavy atom. The minimum Gasteiger partial charge on any atom is -0.356 e. The molecule has 1 aromatic carbocycles. The van der Waals surface area contributed by atoms with Gasteiger partial charge in [0.05, 0.1) is 5.92 Å². The molecule has 2 aliphatic rings. The topological polar surface area (TPSA) is 41.1 Å². The number of carbonyl (C=O) groups is 1. The van der Waals surface area contributed by atoms with Crippen LogP contribution in [0.3, 0.4) is 0 Å². The van der Waals surface area contributed by atoms with Crippen LogP contribution < -0.4 is 10.6 Å². The third kappa shape index (κ3) is 3.04. The minimum atomic E-state index is -0.0245. The van der Waals surface area contributed by atoms with Crippen molar-refractivity contribution < 1.29 is 4.79 Å². The lowest BCUT2D eigenvalue weighted by Gasteiger charge is -2.25. The van der Waals surface area contributed by atoms with E-state index in [-0.39, 0.29) is 11.8 Å². The maximum absolute atomic E-state index is 12.4. The van der Waals surface area contributed by atoms with Gasteiger partial charge in [-0.1, -0.05) is 49.9 Å². The van der Waals surface area contributed by atoms with Crippen molar-refractivity contribution in [1.29, 1.82) is 0 Å². The van der Waals surface area contributed by atoms with Crippen LogP contribution in [0.5, 0.6) is 0 Å². The molecule has 3 rings (SSSR count). The Hall–Kier alpha value is -1.35. The molecule has 0 spiro atoms. The number of nitrogens with one attached hydrogen (secondary N) is 2. The van der Waals surface area contributed by atoms with Gasteiger partial charge < -0.3 is 10.6 Å². The molecule has 1 aliphatic carbocycles. The quantitative estimate of drug-likeness (QED) is 0.884. The van der Waals surface area contributed by atoms with Gasteiger partial charge in [0.1, 0.15) is 0 Å². The molecule has 20 heavy (non-hydrogen) atoms. The average Bonchev–Trinajstić information content (AvgIpc) is 3.00. The van der Waals surface area contributed by atoms with E-state index in [0.29, 0.717) is 0 Å². The molecule has 2 N–H and O–H groups in total. The smallest absolute Gasteiger partial charge is 0.228 e. The van der Waals surface area contributed by atoms with Gasteiger partial charge in [-0.05, 0) is 23.5 Å². The largest absolute Gasteiger partial charge is 0.356 e. The first-order valence-corrected chi connectivity index (χ1v) is 7.91. The zero-order chi connectivity index (χ0) is 13.8. The second kappa shape index (κ2) is 6.40. The van der Waals surface area contributed by atoms with Gasteiger partial charge in [0.25, 0.3) is 0 Å². The normalized spacial score (nSPS) is 22.5. The van der Waals surface area contributed by atoms with Crippen molar-refractivity contribution in [3.05, 3.63) is 35.4 Å². The highest BCUT2D eigenvalue weighted by molar-refractivity contribution is 5.84. The molecule has 108 valence electrons. The predicted molar refractivity (Wildman–Crippen MR) is 80.5 cm³/mol. The van der Waals surface area contributed by atoms with Crippen LogP contribution in [0.4, 0.5) is 0 Å². The zero-order valence-corrected chi connectivity index (χ0v) is 12.0. The highest BCUT2D eigenvalue weighted by Gasteiger charge is 2.25. The molecular formula is C17H24N2O.